The predicted octanol–water partition coefficient (Wildman–Crippen LogP) is 2.16. The Bertz CT molecular complexity index is 414. The number of nitrogens with one attached hydrogen (secondary N) is 1. The highest BCUT2D eigenvalue weighted by atomic mass is 32.2. The number of carbonyl (C=O) groups is 1. The number of carbonyl (C=O) groups excluding carboxylic acids is 1. The Hall–Kier alpha value is -1.07. The first-order valence-electron chi connectivity index (χ1n) is 5.85. The summed E-state index contributed by atoms with van der Waals surface area (Å²) in [7, 11) is 1.73. The molecule has 1 amide bonds. The van der Waals surface area contributed by atoms with Gasteiger partial charge < -0.3 is 11.1 Å². The average molecular weight is 270 g/mol. The summed E-state index contributed by atoms with van der Waals surface area (Å²) >= 11 is 1.58. The quantitative estimate of drug-likeness (QED) is 0.589. The molecule has 100 valence electrons. The minimum Gasteiger partial charge on any atom is -0.368 e. The Balaban J connectivity index is 2.37. The third kappa shape index (κ3) is 4.31. The Morgan fingerprint density at radius 3 is 2.83 bits per heavy atom. The number of halogens is 1. The van der Waals surface area contributed by atoms with Gasteiger partial charge >= 0.3 is 0 Å². The molecule has 3 N–H and O–H groups in total. The summed E-state index contributed by atoms with van der Waals surface area (Å²) in [6.07, 6.45) is 1.50. The van der Waals surface area contributed by atoms with E-state index in [-0.39, 0.29) is 11.7 Å². The molecule has 0 heterocycles. The molecule has 0 radical (unpaired) electrons. The molecule has 0 aliphatic heterocycles. The van der Waals surface area contributed by atoms with Gasteiger partial charge in [-0.3, -0.25) is 4.79 Å². The number of primary amides is 1. The molecule has 0 saturated heterocycles. The van der Waals surface area contributed by atoms with E-state index in [4.69, 9.17) is 5.73 Å². The smallest absolute Gasteiger partial charge is 0.237 e. The lowest BCUT2D eigenvalue weighted by Crippen LogP contribution is -2.51. The topological polar surface area (TPSA) is 55.1 Å². The first kappa shape index (κ1) is 15.0. The summed E-state index contributed by atoms with van der Waals surface area (Å²) < 4.78 is 12.9. The molecule has 0 aliphatic carbocycles. The van der Waals surface area contributed by atoms with Crippen molar-refractivity contribution in [2.45, 2.75) is 30.2 Å². The van der Waals surface area contributed by atoms with E-state index in [1.54, 1.807) is 31.8 Å². The van der Waals surface area contributed by atoms with Crippen molar-refractivity contribution in [3.63, 3.8) is 0 Å². The minimum atomic E-state index is -0.664. The maximum absolute atomic E-state index is 12.9. The molecule has 1 atom stereocenters. The highest BCUT2D eigenvalue weighted by molar-refractivity contribution is 7.99. The zero-order chi connectivity index (χ0) is 13.6. The fourth-order valence-electron chi connectivity index (χ4n) is 1.54. The van der Waals surface area contributed by atoms with E-state index < -0.39 is 5.54 Å². The van der Waals surface area contributed by atoms with Crippen LogP contribution in [0.1, 0.15) is 19.8 Å². The number of likely N-dealkylation sites (N-methyl/N-ethyl adjacent to an activating group) is 1. The Morgan fingerprint density at radius 1 is 1.56 bits per heavy atom. The summed E-state index contributed by atoms with van der Waals surface area (Å²) in [6, 6.07) is 6.50. The van der Waals surface area contributed by atoms with Crippen molar-refractivity contribution in [2.24, 2.45) is 5.73 Å². The lowest BCUT2D eigenvalue weighted by molar-refractivity contribution is -0.123. The van der Waals surface area contributed by atoms with Gasteiger partial charge in [0, 0.05) is 4.90 Å². The number of thioether (sulfide) groups is 1. The van der Waals surface area contributed by atoms with Gasteiger partial charge in [-0.05, 0) is 50.8 Å². The molecule has 3 nitrogen and oxygen atoms in total. The summed E-state index contributed by atoms with van der Waals surface area (Å²) in [6.45, 7) is 1.79. The molecular formula is C13H19FN2OS. The van der Waals surface area contributed by atoms with Gasteiger partial charge in [-0.15, -0.1) is 11.8 Å². The van der Waals surface area contributed by atoms with E-state index in [1.807, 2.05) is 6.07 Å². The molecule has 1 aromatic rings. The van der Waals surface area contributed by atoms with Crippen LogP contribution in [-0.4, -0.2) is 24.2 Å². The van der Waals surface area contributed by atoms with Crippen LogP contribution in [-0.2, 0) is 4.79 Å². The molecule has 0 fully saturated rings. The van der Waals surface area contributed by atoms with Crippen LogP contribution in [0.2, 0.25) is 0 Å². The van der Waals surface area contributed by atoms with E-state index in [2.05, 4.69) is 5.32 Å². The van der Waals surface area contributed by atoms with Crippen LogP contribution >= 0.6 is 11.8 Å². The summed E-state index contributed by atoms with van der Waals surface area (Å²) in [4.78, 5) is 12.2. The fraction of sp³-hybridized carbons (Fsp3) is 0.462. The number of benzene rings is 1. The van der Waals surface area contributed by atoms with Gasteiger partial charge in [0.2, 0.25) is 5.91 Å². The standard InChI is InChI=1S/C13H19FN2OS/c1-13(16-2,12(15)17)7-4-8-18-11-6-3-5-10(14)9-11/h3,5-6,9,16H,4,7-8H2,1-2H3,(H2,15,17). The zero-order valence-corrected chi connectivity index (χ0v) is 11.5. The molecule has 0 bridgehead atoms. The van der Waals surface area contributed by atoms with E-state index in [0.717, 1.165) is 17.1 Å². The van der Waals surface area contributed by atoms with Gasteiger partial charge in [0.1, 0.15) is 5.82 Å². The molecule has 0 saturated carbocycles. The molecule has 1 rings (SSSR count). The van der Waals surface area contributed by atoms with Gasteiger partial charge in [0.05, 0.1) is 5.54 Å². The van der Waals surface area contributed by atoms with Crippen LogP contribution in [0.15, 0.2) is 29.2 Å². The van der Waals surface area contributed by atoms with Crippen molar-refractivity contribution in [2.75, 3.05) is 12.8 Å². The second-order valence-electron chi connectivity index (χ2n) is 4.36. The summed E-state index contributed by atoms with van der Waals surface area (Å²) in [5, 5.41) is 2.94. The molecule has 5 heteroatoms. The molecule has 1 unspecified atom stereocenters. The number of hydrogen-bond acceptors (Lipinski definition) is 3. The van der Waals surface area contributed by atoms with Crippen LogP contribution < -0.4 is 11.1 Å². The lowest BCUT2D eigenvalue weighted by Gasteiger charge is -2.25. The number of amides is 1. The second kappa shape index (κ2) is 6.75. The van der Waals surface area contributed by atoms with Gasteiger partial charge in [0.25, 0.3) is 0 Å². The van der Waals surface area contributed by atoms with Crippen molar-refractivity contribution in [1.29, 1.82) is 0 Å². The summed E-state index contributed by atoms with van der Waals surface area (Å²) in [5.41, 5.74) is 4.67. The normalized spacial score (nSPS) is 14.2. The largest absolute Gasteiger partial charge is 0.368 e. The van der Waals surface area contributed by atoms with E-state index in [9.17, 15) is 9.18 Å². The Labute approximate surface area is 111 Å². The van der Waals surface area contributed by atoms with E-state index >= 15 is 0 Å². The SMILES string of the molecule is CNC(C)(CCCSc1cccc(F)c1)C(N)=O. The van der Waals surface area contributed by atoms with Crippen LogP contribution in [0.25, 0.3) is 0 Å². The fourth-order valence-corrected chi connectivity index (χ4v) is 2.44. The van der Waals surface area contributed by atoms with E-state index in [1.165, 1.54) is 12.1 Å². The number of hydrogen-bond donors (Lipinski definition) is 2. The highest BCUT2D eigenvalue weighted by Crippen LogP contribution is 2.21. The number of nitrogens with two attached hydrogens (primary N) is 1. The van der Waals surface area contributed by atoms with Crippen LogP contribution in [0, 0.1) is 5.82 Å². The third-order valence-corrected chi connectivity index (χ3v) is 4.06. The first-order valence-corrected chi connectivity index (χ1v) is 6.84. The van der Waals surface area contributed by atoms with E-state index in [0.29, 0.717) is 6.42 Å². The van der Waals surface area contributed by atoms with Crippen molar-refractivity contribution >= 4 is 17.7 Å². The monoisotopic (exact) mass is 270 g/mol. The average Bonchev–Trinajstić information content (AvgIpc) is 2.34. The van der Waals surface area contributed by atoms with Crippen LogP contribution in [0.4, 0.5) is 4.39 Å². The Kier molecular flexibility index (Phi) is 5.62. The summed E-state index contributed by atoms with van der Waals surface area (Å²) in [5.74, 6) is 0.256. The molecule has 0 aliphatic rings. The minimum absolute atomic E-state index is 0.225. The lowest BCUT2D eigenvalue weighted by atomic mass is 9.96. The highest BCUT2D eigenvalue weighted by Gasteiger charge is 2.27. The van der Waals surface area contributed by atoms with Crippen LogP contribution in [0.5, 0.6) is 0 Å². The van der Waals surface area contributed by atoms with Gasteiger partial charge in [-0.25, -0.2) is 4.39 Å². The molecule has 0 aromatic heterocycles. The number of rotatable bonds is 7. The maximum Gasteiger partial charge on any atom is 0.237 e. The van der Waals surface area contributed by atoms with Crippen molar-refractivity contribution in [1.82, 2.24) is 5.32 Å². The maximum atomic E-state index is 12.9. The van der Waals surface area contributed by atoms with Crippen molar-refractivity contribution in [3.8, 4) is 0 Å². The van der Waals surface area contributed by atoms with Crippen LogP contribution in [0.3, 0.4) is 0 Å². The second-order valence-corrected chi connectivity index (χ2v) is 5.52. The molecular weight excluding hydrogens is 251 g/mol. The molecule has 0 spiro atoms. The van der Waals surface area contributed by atoms with Gasteiger partial charge in [-0.2, -0.15) is 0 Å². The van der Waals surface area contributed by atoms with Crippen molar-refractivity contribution in [3.05, 3.63) is 30.1 Å². The zero-order valence-electron chi connectivity index (χ0n) is 10.7. The first-order chi connectivity index (χ1) is 8.48. The molecule has 1 aromatic carbocycles. The predicted molar refractivity (Wildman–Crippen MR) is 73.0 cm³/mol. The third-order valence-electron chi connectivity index (χ3n) is 2.98. The molecule has 18 heavy (non-hydrogen) atoms. The van der Waals surface area contributed by atoms with Crippen molar-refractivity contribution < 1.29 is 9.18 Å². The van der Waals surface area contributed by atoms with Gasteiger partial charge in [-0.1, -0.05) is 6.07 Å². The Morgan fingerprint density at radius 2 is 2.28 bits per heavy atom. The van der Waals surface area contributed by atoms with Gasteiger partial charge in [0.15, 0.2) is 0 Å².